The van der Waals surface area contributed by atoms with Gasteiger partial charge in [-0.1, -0.05) is 53.2 Å². The fourth-order valence-electron chi connectivity index (χ4n) is 10.7. The zero-order chi connectivity index (χ0) is 26.9. The molecule has 5 rings (SSSR count). The molecule has 0 aromatic carbocycles. The molecule has 202 valence electrons. The van der Waals surface area contributed by atoms with Gasteiger partial charge in [0.25, 0.3) is 0 Å². The summed E-state index contributed by atoms with van der Waals surface area (Å²) in [5.74, 6) is -1.59. The molecule has 5 aliphatic carbocycles. The van der Waals surface area contributed by atoms with Crippen LogP contribution in [0.2, 0.25) is 0 Å². The summed E-state index contributed by atoms with van der Waals surface area (Å²) in [6.45, 7) is 14.4. The summed E-state index contributed by atoms with van der Waals surface area (Å²) < 4.78 is 0. The Bertz CT molecular complexity index is 1030. The van der Waals surface area contributed by atoms with Crippen LogP contribution in [-0.4, -0.2) is 50.0 Å². The minimum Gasteiger partial charge on any atom is -0.481 e. The number of hydrogen-bond acceptors (Lipinski definition) is 5. The maximum Gasteiger partial charge on any atom is 0.310 e. The molecule has 0 aliphatic heterocycles. The SMILES string of the molecule is C[C@@H]1CC[C@]2(C(=O)O)CC[C@]3(C)C(=CC[C@@H]4[C@@]5(C)C(=O)C(O)C(O)C(C)(C)C5CC[C@]43C)[C@@H]2[C@]1(C)O. The van der Waals surface area contributed by atoms with Crippen LogP contribution in [-0.2, 0) is 9.59 Å². The molecule has 0 aromatic heterocycles. The molecule has 0 radical (unpaired) electrons. The topological polar surface area (TPSA) is 115 Å². The highest BCUT2D eigenvalue weighted by atomic mass is 16.4. The average Bonchev–Trinajstić information content (AvgIpc) is 2.79. The second-order valence-corrected chi connectivity index (χ2v) is 14.7. The van der Waals surface area contributed by atoms with Crippen molar-refractivity contribution < 1.29 is 30.0 Å². The van der Waals surface area contributed by atoms with E-state index < -0.39 is 45.9 Å². The quantitative estimate of drug-likeness (QED) is 0.396. The van der Waals surface area contributed by atoms with Crippen LogP contribution >= 0.6 is 0 Å². The number of fused-ring (bicyclic) bond motifs is 7. The highest BCUT2D eigenvalue weighted by Crippen LogP contribution is 2.75. The van der Waals surface area contributed by atoms with Gasteiger partial charge in [0.05, 0.1) is 17.1 Å². The summed E-state index contributed by atoms with van der Waals surface area (Å²) >= 11 is 0. The molecule has 3 unspecified atom stereocenters. The van der Waals surface area contributed by atoms with Crippen molar-refractivity contribution in [2.75, 3.05) is 0 Å². The molecule has 5 aliphatic rings. The molecule has 4 saturated carbocycles. The Labute approximate surface area is 215 Å². The molecule has 0 bridgehead atoms. The Kier molecular flexibility index (Phi) is 5.45. The third-order valence-corrected chi connectivity index (χ3v) is 13.4. The van der Waals surface area contributed by atoms with Gasteiger partial charge in [-0.2, -0.15) is 0 Å². The average molecular weight is 503 g/mol. The molecule has 36 heavy (non-hydrogen) atoms. The van der Waals surface area contributed by atoms with E-state index in [1.54, 1.807) is 0 Å². The van der Waals surface area contributed by atoms with Gasteiger partial charge >= 0.3 is 5.97 Å². The van der Waals surface area contributed by atoms with Crippen LogP contribution in [0.15, 0.2) is 11.6 Å². The minimum absolute atomic E-state index is 0.00522. The first kappa shape index (κ1) is 26.4. The Balaban J connectivity index is 1.68. The number of ketones is 1. The van der Waals surface area contributed by atoms with E-state index in [1.165, 1.54) is 0 Å². The monoisotopic (exact) mass is 502 g/mol. The Hall–Kier alpha value is -1.24. The maximum absolute atomic E-state index is 13.8. The van der Waals surface area contributed by atoms with Gasteiger partial charge in [-0.15, -0.1) is 0 Å². The van der Waals surface area contributed by atoms with Crippen LogP contribution in [0.25, 0.3) is 0 Å². The lowest BCUT2D eigenvalue weighted by molar-refractivity contribution is -0.227. The lowest BCUT2D eigenvalue weighted by Crippen LogP contribution is -2.71. The van der Waals surface area contributed by atoms with Crippen LogP contribution < -0.4 is 0 Å². The van der Waals surface area contributed by atoms with Gasteiger partial charge < -0.3 is 20.4 Å². The Morgan fingerprint density at radius 3 is 2.19 bits per heavy atom. The fraction of sp³-hybridized carbons (Fsp3) is 0.867. The van der Waals surface area contributed by atoms with Crippen LogP contribution in [0.1, 0.15) is 93.4 Å². The predicted molar refractivity (Wildman–Crippen MR) is 136 cm³/mol. The molecule has 4 fully saturated rings. The van der Waals surface area contributed by atoms with Crippen molar-refractivity contribution in [2.45, 2.75) is 111 Å². The number of carbonyl (C=O) groups excluding carboxylic acids is 1. The van der Waals surface area contributed by atoms with E-state index in [2.05, 4.69) is 19.9 Å². The number of allylic oxidation sites excluding steroid dienone is 1. The number of carboxylic acid groups (broad SMARTS) is 1. The Morgan fingerprint density at radius 1 is 0.944 bits per heavy atom. The first-order valence-corrected chi connectivity index (χ1v) is 14.0. The summed E-state index contributed by atoms with van der Waals surface area (Å²) in [6, 6.07) is 0. The lowest BCUT2D eigenvalue weighted by atomic mass is 9.32. The van der Waals surface area contributed by atoms with Crippen LogP contribution in [0.3, 0.4) is 0 Å². The van der Waals surface area contributed by atoms with Gasteiger partial charge in [0, 0.05) is 11.3 Å². The second-order valence-electron chi connectivity index (χ2n) is 14.7. The van der Waals surface area contributed by atoms with Crippen molar-refractivity contribution in [1.82, 2.24) is 0 Å². The normalized spacial score (nSPS) is 55.9. The highest BCUT2D eigenvalue weighted by Gasteiger charge is 2.73. The van der Waals surface area contributed by atoms with Crippen molar-refractivity contribution in [3.63, 3.8) is 0 Å². The molecular formula is C30H46O6. The van der Waals surface area contributed by atoms with Gasteiger partial charge in [-0.3, -0.25) is 9.59 Å². The predicted octanol–water partition coefficient (Wildman–Crippen LogP) is 4.35. The van der Waals surface area contributed by atoms with E-state index in [0.29, 0.717) is 32.1 Å². The van der Waals surface area contributed by atoms with Crippen molar-refractivity contribution in [2.24, 2.45) is 50.7 Å². The molecule has 6 heteroatoms. The molecule has 0 saturated heterocycles. The van der Waals surface area contributed by atoms with Gasteiger partial charge in [0.1, 0.15) is 6.10 Å². The minimum atomic E-state index is -1.40. The van der Waals surface area contributed by atoms with E-state index in [0.717, 1.165) is 18.4 Å². The van der Waals surface area contributed by atoms with Crippen molar-refractivity contribution in [3.8, 4) is 0 Å². The van der Waals surface area contributed by atoms with Crippen LogP contribution in [0.5, 0.6) is 0 Å². The molecular weight excluding hydrogens is 456 g/mol. The molecule has 0 heterocycles. The first-order chi connectivity index (χ1) is 16.4. The molecule has 0 aromatic rings. The number of Topliss-reactive ketones (excluding diaryl/α,β-unsaturated/α-hetero) is 1. The number of aliphatic hydroxyl groups is 3. The number of carboxylic acids is 1. The number of carbonyl (C=O) groups is 2. The van der Waals surface area contributed by atoms with Crippen LogP contribution in [0, 0.1) is 50.7 Å². The standard InChI is InChI=1S/C30H46O6/c1-16-10-13-30(24(34)35)15-14-26(4)17(21(30)29(16,7)36)8-9-19-27(26,5)12-11-18-25(2,3)22(32)20(31)23(33)28(18,19)6/h8,16,18-22,31-32,36H,9-15H2,1-7H3,(H,34,35)/t16-,18?,19+,20?,21-,22?,26-,27-,28+,29-,30+/m1/s1. The smallest absolute Gasteiger partial charge is 0.310 e. The lowest BCUT2D eigenvalue weighted by Gasteiger charge is -2.71. The zero-order valence-corrected chi connectivity index (χ0v) is 23.1. The van der Waals surface area contributed by atoms with E-state index in [-0.39, 0.29) is 34.4 Å². The summed E-state index contributed by atoms with van der Waals surface area (Å²) in [6.07, 6.45) is 4.48. The Morgan fingerprint density at radius 2 is 1.58 bits per heavy atom. The molecule has 0 amide bonds. The summed E-state index contributed by atoms with van der Waals surface area (Å²) in [7, 11) is 0. The van der Waals surface area contributed by atoms with Crippen molar-refractivity contribution in [1.29, 1.82) is 0 Å². The third-order valence-electron chi connectivity index (χ3n) is 13.4. The van der Waals surface area contributed by atoms with Crippen molar-refractivity contribution in [3.05, 3.63) is 11.6 Å². The van der Waals surface area contributed by atoms with E-state index in [9.17, 15) is 30.0 Å². The maximum atomic E-state index is 13.8. The first-order valence-electron chi connectivity index (χ1n) is 14.0. The highest BCUT2D eigenvalue weighted by molar-refractivity contribution is 5.91. The van der Waals surface area contributed by atoms with Crippen molar-refractivity contribution >= 4 is 11.8 Å². The number of hydrogen-bond donors (Lipinski definition) is 4. The summed E-state index contributed by atoms with van der Waals surface area (Å²) in [4.78, 5) is 26.6. The van der Waals surface area contributed by atoms with E-state index in [1.807, 2.05) is 34.6 Å². The molecule has 4 N–H and O–H groups in total. The fourth-order valence-corrected chi connectivity index (χ4v) is 10.7. The third kappa shape index (κ3) is 2.74. The van der Waals surface area contributed by atoms with E-state index in [4.69, 9.17) is 0 Å². The summed E-state index contributed by atoms with van der Waals surface area (Å²) in [5, 5.41) is 44.1. The number of rotatable bonds is 1. The molecule has 0 spiro atoms. The largest absolute Gasteiger partial charge is 0.481 e. The van der Waals surface area contributed by atoms with E-state index >= 15 is 0 Å². The summed E-state index contributed by atoms with van der Waals surface area (Å²) in [5.41, 5.74) is -3.05. The van der Waals surface area contributed by atoms with Gasteiger partial charge in [-0.25, -0.2) is 0 Å². The molecule has 11 atom stereocenters. The van der Waals surface area contributed by atoms with Gasteiger partial charge in [-0.05, 0) is 85.9 Å². The van der Waals surface area contributed by atoms with Crippen LogP contribution in [0.4, 0.5) is 0 Å². The number of aliphatic hydroxyl groups excluding tert-OH is 2. The molecule has 6 nitrogen and oxygen atoms in total. The van der Waals surface area contributed by atoms with Gasteiger partial charge in [0.2, 0.25) is 0 Å². The zero-order valence-electron chi connectivity index (χ0n) is 23.1. The van der Waals surface area contributed by atoms with Gasteiger partial charge in [0.15, 0.2) is 5.78 Å². The second kappa shape index (κ2) is 7.45. The number of aliphatic carboxylic acids is 1.